The molecular weight excluding hydrogens is 427 g/mol. The molecule has 1 heterocycles. The van der Waals surface area contributed by atoms with Crippen molar-refractivity contribution < 1.29 is 13.6 Å². The Balaban J connectivity index is 1.87. The monoisotopic (exact) mass is 443 g/mol. The Bertz CT molecular complexity index is 798. The molecule has 0 radical (unpaired) electrons. The summed E-state index contributed by atoms with van der Waals surface area (Å²) in [6, 6.07) is 7.89. The molecule has 0 unspecified atom stereocenters. The lowest BCUT2D eigenvalue weighted by atomic mass is 9.99. The second kappa shape index (κ2) is 6.92. The quantitative estimate of drug-likeness (QED) is 0.434. The molecule has 3 N–H and O–H groups in total. The number of carbonyl (C=O) groups is 1. The van der Waals surface area contributed by atoms with Gasteiger partial charge >= 0.3 is 0 Å². The van der Waals surface area contributed by atoms with Crippen LogP contribution in [0.1, 0.15) is 11.1 Å². The van der Waals surface area contributed by atoms with Crippen molar-refractivity contribution in [2.24, 2.45) is 0 Å². The van der Waals surface area contributed by atoms with Crippen molar-refractivity contribution in [3.05, 3.63) is 53.1 Å². The Morgan fingerprint density at radius 3 is 2.79 bits per heavy atom. The predicted octanol–water partition coefficient (Wildman–Crippen LogP) is 3.48. The summed E-state index contributed by atoms with van der Waals surface area (Å²) in [6.07, 6.45) is 0.639. The molecule has 3 rings (SSSR count). The summed E-state index contributed by atoms with van der Waals surface area (Å²) >= 11 is 1.92. The minimum atomic E-state index is -0.549. The van der Waals surface area contributed by atoms with E-state index in [-0.39, 0.29) is 27.5 Å². The third-order valence-corrected chi connectivity index (χ3v) is 4.77. The number of nitrogens with zero attached hydrogens (tertiary/aromatic N) is 1. The Labute approximate surface area is 152 Å². The largest absolute Gasteiger partial charge is 0.395 e. The summed E-state index contributed by atoms with van der Waals surface area (Å²) < 4.78 is 28.2. The van der Waals surface area contributed by atoms with E-state index in [1.165, 1.54) is 12.1 Å². The lowest BCUT2D eigenvalue weighted by molar-refractivity contribution is -0.113. The molecule has 0 aliphatic carbocycles. The molecule has 0 atom stereocenters. The molecule has 24 heavy (non-hydrogen) atoms. The predicted molar refractivity (Wildman–Crippen MR) is 99.5 cm³/mol. The average molecular weight is 443 g/mol. The van der Waals surface area contributed by atoms with Crippen LogP contribution in [0.4, 0.5) is 25.8 Å². The molecule has 1 aliphatic heterocycles. The van der Waals surface area contributed by atoms with Crippen molar-refractivity contribution in [3.63, 3.8) is 0 Å². The zero-order valence-corrected chi connectivity index (χ0v) is 14.9. The molecular formula is C17H16F2IN3O. The van der Waals surface area contributed by atoms with Crippen LogP contribution in [0.25, 0.3) is 0 Å². The van der Waals surface area contributed by atoms with Gasteiger partial charge in [-0.15, -0.1) is 0 Å². The number of benzene rings is 2. The van der Waals surface area contributed by atoms with Crippen LogP contribution in [0.5, 0.6) is 0 Å². The Morgan fingerprint density at radius 2 is 2.04 bits per heavy atom. The summed E-state index contributed by atoms with van der Waals surface area (Å²) in [5.74, 6) is -1.04. The highest BCUT2D eigenvalue weighted by Gasteiger charge is 2.22. The Kier molecular flexibility index (Phi) is 4.88. The molecule has 2 aromatic rings. The zero-order chi connectivity index (χ0) is 17.3. The summed E-state index contributed by atoms with van der Waals surface area (Å²) in [6.45, 7) is 1.07. The maximum atomic E-state index is 14.7. The average Bonchev–Trinajstić information content (AvgIpc) is 2.58. The van der Waals surface area contributed by atoms with Gasteiger partial charge in [-0.25, -0.2) is 8.78 Å². The molecule has 2 aromatic carbocycles. The number of rotatable bonds is 3. The first-order valence-electron chi connectivity index (χ1n) is 7.45. The van der Waals surface area contributed by atoms with Gasteiger partial charge in [0.1, 0.15) is 5.82 Å². The fourth-order valence-electron chi connectivity index (χ4n) is 2.85. The van der Waals surface area contributed by atoms with Gasteiger partial charge in [0.15, 0.2) is 5.82 Å². The third kappa shape index (κ3) is 3.31. The summed E-state index contributed by atoms with van der Waals surface area (Å²) in [5, 5.41) is 2.58. The van der Waals surface area contributed by atoms with E-state index in [2.05, 4.69) is 5.32 Å². The van der Waals surface area contributed by atoms with E-state index in [0.717, 1.165) is 11.1 Å². The third-order valence-electron chi connectivity index (χ3n) is 4.08. The van der Waals surface area contributed by atoms with Gasteiger partial charge in [-0.2, -0.15) is 0 Å². The molecule has 4 nitrogen and oxygen atoms in total. The van der Waals surface area contributed by atoms with Crippen molar-refractivity contribution >= 4 is 45.6 Å². The van der Waals surface area contributed by atoms with Crippen LogP contribution in [0, 0.1) is 11.6 Å². The summed E-state index contributed by atoms with van der Waals surface area (Å²) in [5.41, 5.74) is 8.35. The number of nitrogens with two attached hydrogens (primary N) is 1. The van der Waals surface area contributed by atoms with E-state index in [4.69, 9.17) is 5.73 Å². The van der Waals surface area contributed by atoms with Gasteiger partial charge < -0.3 is 16.0 Å². The Hall–Kier alpha value is -1.90. The number of anilines is 3. The Morgan fingerprint density at radius 1 is 1.25 bits per heavy atom. The van der Waals surface area contributed by atoms with Crippen LogP contribution < -0.4 is 16.0 Å². The van der Waals surface area contributed by atoms with E-state index >= 15 is 0 Å². The van der Waals surface area contributed by atoms with E-state index in [0.29, 0.717) is 25.2 Å². The van der Waals surface area contributed by atoms with Gasteiger partial charge in [0, 0.05) is 13.1 Å². The fourth-order valence-corrected chi connectivity index (χ4v) is 3.04. The van der Waals surface area contributed by atoms with Gasteiger partial charge in [0.2, 0.25) is 5.91 Å². The van der Waals surface area contributed by atoms with Crippen LogP contribution in [0.3, 0.4) is 0 Å². The van der Waals surface area contributed by atoms with Gasteiger partial charge in [-0.3, -0.25) is 4.79 Å². The maximum absolute atomic E-state index is 14.7. The summed E-state index contributed by atoms with van der Waals surface area (Å²) in [7, 11) is 0. The van der Waals surface area contributed by atoms with E-state index in [1.807, 2.05) is 27.5 Å². The number of amides is 1. The van der Waals surface area contributed by atoms with Crippen molar-refractivity contribution in [2.45, 2.75) is 13.0 Å². The molecule has 7 heteroatoms. The molecule has 0 saturated heterocycles. The lowest BCUT2D eigenvalue weighted by Gasteiger charge is -2.31. The second-order valence-electron chi connectivity index (χ2n) is 5.63. The van der Waals surface area contributed by atoms with Crippen molar-refractivity contribution in [3.8, 4) is 0 Å². The maximum Gasteiger partial charge on any atom is 0.234 e. The van der Waals surface area contributed by atoms with Crippen molar-refractivity contribution in [1.82, 2.24) is 0 Å². The van der Waals surface area contributed by atoms with Gasteiger partial charge in [0.25, 0.3) is 0 Å². The van der Waals surface area contributed by atoms with E-state index < -0.39 is 5.82 Å². The molecule has 1 aliphatic rings. The summed E-state index contributed by atoms with van der Waals surface area (Å²) in [4.78, 5) is 13.3. The van der Waals surface area contributed by atoms with Crippen molar-refractivity contribution in [1.29, 1.82) is 0 Å². The number of fused-ring (bicyclic) bond motifs is 1. The number of alkyl halides is 1. The number of hydrogen-bond acceptors (Lipinski definition) is 3. The van der Waals surface area contributed by atoms with Gasteiger partial charge in [-0.1, -0.05) is 28.7 Å². The van der Waals surface area contributed by atoms with Crippen LogP contribution >= 0.6 is 22.6 Å². The number of nitrogen functional groups attached to an aromatic ring is 1. The van der Waals surface area contributed by atoms with Crippen LogP contribution in [-0.4, -0.2) is 16.9 Å². The lowest BCUT2D eigenvalue weighted by Crippen LogP contribution is -2.31. The smallest absolute Gasteiger partial charge is 0.234 e. The minimum Gasteiger partial charge on any atom is -0.395 e. The standard InChI is InChI=1S/C17H16F2IN3O/c18-12-2-1-11-9-23(6-5-10(11)7-12)14-4-3-13(17(21)16(14)19)22-15(24)8-20/h1-4,7H,5-6,8-9,21H2,(H,22,24). The first-order chi connectivity index (χ1) is 11.5. The molecule has 0 fully saturated rings. The van der Waals surface area contributed by atoms with E-state index in [9.17, 15) is 13.6 Å². The molecule has 1 amide bonds. The normalized spacial score (nSPS) is 13.5. The molecule has 0 saturated carbocycles. The molecule has 126 valence electrons. The topological polar surface area (TPSA) is 58.4 Å². The van der Waals surface area contributed by atoms with Crippen LogP contribution in [0.2, 0.25) is 0 Å². The van der Waals surface area contributed by atoms with Crippen LogP contribution in [0.15, 0.2) is 30.3 Å². The zero-order valence-electron chi connectivity index (χ0n) is 12.8. The van der Waals surface area contributed by atoms with Gasteiger partial charge in [0.05, 0.1) is 21.5 Å². The van der Waals surface area contributed by atoms with Crippen molar-refractivity contribution in [2.75, 3.05) is 26.9 Å². The van der Waals surface area contributed by atoms with Crippen LogP contribution in [-0.2, 0) is 17.8 Å². The highest BCUT2D eigenvalue weighted by molar-refractivity contribution is 14.1. The van der Waals surface area contributed by atoms with Gasteiger partial charge in [-0.05, 0) is 41.8 Å². The number of hydrogen-bond donors (Lipinski definition) is 2. The van der Waals surface area contributed by atoms with E-state index in [1.54, 1.807) is 18.2 Å². The second-order valence-corrected chi connectivity index (χ2v) is 6.39. The highest BCUT2D eigenvalue weighted by Crippen LogP contribution is 2.33. The number of halogens is 3. The minimum absolute atomic E-state index is 0.0735. The first kappa shape index (κ1) is 16.9. The molecule has 0 aromatic heterocycles. The first-order valence-corrected chi connectivity index (χ1v) is 8.98. The number of nitrogens with one attached hydrogen (secondary N) is 1. The molecule has 0 spiro atoms. The highest BCUT2D eigenvalue weighted by atomic mass is 127. The SMILES string of the molecule is Nc1c(NC(=O)CI)ccc(N2CCc3cc(F)ccc3C2)c1F. The fraction of sp³-hybridized carbons (Fsp3) is 0.235. The molecule has 0 bridgehead atoms. The number of carbonyl (C=O) groups excluding carboxylic acids is 1.